The van der Waals surface area contributed by atoms with Crippen molar-refractivity contribution in [2.75, 3.05) is 13.2 Å². The van der Waals surface area contributed by atoms with E-state index in [4.69, 9.17) is 10.5 Å². The molecule has 1 amide bonds. The van der Waals surface area contributed by atoms with Crippen molar-refractivity contribution < 1.29 is 23.8 Å². The largest absolute Gasteiger partial charge is 0.464 e. The molecule has 0 aromatic heterocycles. The van der Waals surface area contributed by atoms with Crippen LogP contribution in [0.1, 0.15) is 64.7 Å². The van der Waals surface area contributed by atoms with E-state index in [1.54, 1.807) is 0 Å². The first-order valence-corrected chi connectivity index (χ1v) is 9.90. The van der Waals surface area contributed by atoms with Crippen LogP contribution in [0, 0.1) is 5.41 Å². The molecule has 0 aromatic carbocycles. The fraction of sp³-hybridized carbons (Fsp3) is 0.895. The molecule has 1 saturated heterocycles. The standard InChI is InChI=1S/C19H31FN2O4/c1-2-3-10-26-17(25)14-11-13(23)12-22(14)16(24)15(21)18-4-7-19(20,8-5-18)9-6-18/h13-15,23H,2-12,21H2,1H3/t13-,14+,15+,18?,19?/m1/s1. The number of carbonyl (C=O) groups excluding carboxylic acids is 2. The topological polar surface area (TPSA) is 92.9 Å². The summed E-state index contributed by atoms with van der Waals surface area (Å²) in [5.41, 5.74) is 4.90. The number of unbranched alkanes of at least 4 members (excludes halogenated alkanes) is 1. The number of alkyl halides is 1. The van der Waals surface area contributed by atoms with Crippen LogP contribution in [0.2, 0.25) is 0 Å². The summed E-state index contributed by atoms with van der Waals surface area (Å²) < 4.78 is 19.7. The van der Waals surface area contributed by atoms with E-state index in [2.05, 4.69) is 0 Å². The number of nitrogens with two attached hydrogens (primary N) is 1. The monoisotopic (exact) mass is 370 g/mol. The van der Waals surface area contributed by atoms with E-state index in [1.807, 2.05) is 6.92 Å². The highest BCUT2D eigenvalue weighted by atomic mass is 19.1. The second-order valence-electron chi connectivity index (χ2n) is 8.41. The average molecular weight is 370 g/mol. The Balaban J connectivity index is 1.68. The molecular formula is C19H31FN2O4. The van der Waals surface area contributed by atoms with Crippen molar-refractivity contribution in [3.05, 3.63) is 0 Å². The van der Waals surface area contributed by atoms with Gasteiger partial charge >= 0.3 is 5.97 Å². The van der Waals surface area contributed by atoms with Crippen LogP contribution >= 0.6 is 0 Å². The molecule has 4 rings (SSSR count). The van der Waals surface area contributed by atoms with Gasteiger partial charge in [-0.2, -0.15) is 0 Å². The molecule has 3 N–H and O–H groups in total. The Kier molecular flexibility index (Phi) is 5.58. The first-order valence-electron chi connectivity index (χ1n) is 9.90. The fourth-order valence-electron chi connectivity index (χ4n) is 4.77. The summed E-state index contributed by atoms with van der Waals surface area (Å²) in [4.78, 5) is 26.8. The van der Waals surface area contributed by atoms with Gasteiger partial charge in [0.15, 0.2) is 0 Å². The minimum absolute atomic E-state index is 0.100. The molecule has 6 nitrogen and oxygen atoms in total. The number of fused-ring (bicyclic) bond motifs is 3. The Labute approximate surface area is 154 Å². The average Bonchev–Trinajstić information content (AvgIpc) is 3.03. The van der Waals surface area contributed by atoms with Gasteiger partial charge in [-0.25, -0.2) is 9.18 Å². The number of rotatable bonds is 6. The van der Waals surface area contributed by atoms with Crippen molar-refractivity contribution in [1.29, 1.82) is 0 Å². The number of carbonyl (C=O) groups is 2. The molecule has 0 aromatic rings. The lowest BCUT2D eigenvalue weighted by Crippen LogP contribution is -2.59. The maximum Gasteiger partial charge on any atom is 0.328 e. The normalized spacial score (nSPS) is 37.6. The summed E-state index contributed by atoms with van der Waals surface area (Å²) in [6, 6.07) is -1.53. The van der Waals surface area contributed by atoms with Crippen LogP contribution in [0.5, 0.6) is 0 Å². The van der Waals surface area contributed by atoms with Crippen molar-refractivity contribution in [2.24, 2.45) is 11.1 Å². The van der Waals surface area contributed by atoms with Gasteiger partial charge in [-0.15, -0.1) is 0 Å². The van der Waals surface area contributed by atoms with Gasteiger partial charge in [0, 0.05) is 13.0 Å². The van der Waals surface area contributed by atoms with Crippen molar-refractivity contribution in [3.8, 4) is 0 Å². The zero-order valence-electron chi connectivity index (χ0n) is 15.6. The first kappa shape index (κ1) is 19.5. The molecule has 4 fully saturated rings. The van der Waals surface area contributed by atoms with Gasteiger partial charge in [0.25, 0.3) is 0 Å². The summed E-state index contributed by atoms with van der Waals surface area (Å²) in [5, 5.41) is 10.0. The number of nitrogens with zero attached hydrogens (tertiary/aromatic N) is 1. The van der Waals surface area contributed by atoms with Gasteiger partial charge in [0.2, 0.25) is 5.91 Å². The van der Waals surface area contributed by atoms with E-state index in [9.17, 15) is 19.1 Å². The number of aliphatic hydroxyl groups excluding tert-OH is 1. The SMILES string of the molecule is CCCCOC(=O)[C@@H]1C[C@@H](O)CN1C(=O)[C@H](N)C12CCC(F)(CC1)CC2. The van der Waals surface area contributed by atoms with Gasteiger partial charge in [-0.05, 0) is 50.4 Å². The molecular weight excluding hydrogens is 339 g/mol. The molecule has 0 spiro atoms. The maximum atomic E-state index is 14.4. The molecule has 26 heavy (non-hydrogen) atoms. The smallest absolute Gasteiger partial charge is 0.328 e. The van der Waals surface area contributed by atoms with E-state index in [-0.39, 0.29) is 24.3 Å². The van der Waals surface area contributed by atoms with Crippen LogP contribution in [0.4, 0.5) is 4.39 Å². The number of aliphatic hydroxyl groups is 1. The molecule has 148 valence electrons. The summed E-state index contributed by atoms with van der Waals surface area (Å²) in [5.74, 6) is -0.782. The van der Waals surface area contributed by atoms with Gasteiger partial charge in [0.1, 0.15) is 11.7 Å². The highest BCUT2D eigenvalue weighted by Crippen LogP contribution is 2.55. The second-order valence-corrected chi connectivity index (χ2v) is 8.41. The van der Waals surface area contributed by atoms with Gasteiger partial charge in [0.05, 0.1) is 18.8 Å². The molecule has 3 aliphatic carbocycles. The second kappa shape index (κ2) is 7.43. The number of β-amino-alcohol motifs (C(OH)–C–C–N with tert-alkyl or cyclic N) is 1. The molecule has 3 atom stereocenters. The van der Waals surface area contributed by atoms with Crippen LogP contribution in [-0.2, 0) is 14.3 Å². The molecule has 2 bridgehead atoms. The van der Waals surface area contributed by atoms with Crippen LogP contribution in [0.15, 0.2) is 0 Å². The first-order chi connectivity index (χ1) is 12.3. The lowest BCUT2D eigenvalue weighted by molar-refractivity contribution is -0.156. The van der Waals surface area contributed by atoms with Crippen LogP contribution < -0.4 is 5.73 Å². The Morgan fingerprint density at radius 3 is 2.46 bits per heavy atom. The van der Waals surface area contributed by atoms with E-state index in [1.165, 1.54) is 4.90 Å². The lowest BCUT2D eigenvalue weighted by Gasteiger charge is -2.52. The van der Waals surface area contributed by atoms with Crippen molar-refractivity contribution >= 4 is 11.9 Å². The van der Waals surface area contributed by atoms with Gasteiger partial charge in [-0.1, -0.05) is 13.3 Å². The number of halogens is 1. The highest BCUT2D eigenvalue weighted by Gasteiger charge is 2.55. The lowest BCUT2D eigenvalue weighted by atomic mass is 9.56. The molecule has 0 radical (unpaired) electrons. The Morgan fingerprint density at radius 2 is 1.88 bits per heavy atom. The highest BCUT2D eigenvalue weighted by molar-refractivity contribution is 5.89. The summed E-state index contributed by atoms with van der Waals surface area (Å²) in [6.07, 6.45) is 4.31. The number of esters is 1. The van der Waals surface area contributed by atoms with E-state index < -0.39 is 29.8 Å². The van der Waals surface area contributed by atoms with Crippen LogP contribution in [0.3, 0.4) is 0 Å². The predicted molar refractivity (Wildman–Crippen MR) is 93.9 cm³/mol. The molecule has 3 saturated carbocycles. The number of likely N-dealkylation sites (tertiary alicyclic amines) is 1. The van der Waals surface area contributed by atoms with Crippen molar-refractivity contribution in [2.45, 2.75) is 88.6 Å². The zero-order valence-corrected chi connectivity index (χ0v) is 15.6. The van der Waals surface area contributed by atoms with Crippen molar-refractivity contribution in [1.82, 2.24) is 4.90 Å². The molecule has 0 unspecified atom stereocenters. The molecule has 1 heterocycles. The van der Waals surface area contributed by atoms with E-state index >= 15 is 0 Å². The van der Waals surface area contributed by atoms with E-state index in [0.717, 1.165) is 12.8 Å². The minimum atomic E-state index is -1.08. The summed E-state index contributed by atoms with van der Waals surface area (Å²) in [6.45, 7) is 2.42. The van der Waals surface area contributed by atoms with Crippen LogP contribution in [-0.4, -0.2) is 58.9 Å². The van der Waals surface area contributed by atoms with Crippen LogP contribution in [0.25, 0.3) is 0 Å². The third-order valence-corrected chi connectivity index (χ3v) is 6.71. The third-order valence-electron chi connectivity index (χ3n) is 6.71. The molecule has 4 aliphatic rings. The number of hydrogen-bond donors (Lipinski definition) is 2. The Morgan fingerprint density at radius 1 is 1.27 bits per heavy atom. The quantitative estimate of drug-likeness (QED) is 0.548. The van der Waals surface area contributed by atoms with Gasteiger partial charge in [-0.3, -0.25) is 4.79 Å². The van der Waals surface area contributed by atoms with Gasteiger partial charge < -0.3 is 20.5 Å². The third kappa shape index (κ3) is 3.60. The zero-order chi connectivity index (χ0) is 18.9. The maximum absolute atomic E-state index is 14.4. The Bertz CT molecular complexity index is 531. The Hall–Kier alpha value is -1.21. The predicted octanol–water partition coefficient (Wildman–Crippen LogP) is 1.68. The summed E-state index contributed by atoms with van der Waals surface area (Å²) in [7, 11) is 0. The number of ether oxygens (including phenoxy) is 1. The minimum Gasteiger partial charge on any atom is -0.464 e. The fourth-order valence-corrected chi connectivity index (χ4v) is 4.77. The summed E-state index contributed by atoms with van der Waals surface area (Å²) >= 11 is 0. The number of amides is 1. The number of hydrogen-bond acceptors (Lipinski definition) is 5. The molecule has 1 aliphatic heterocycles. The molecule has 7 heteroatoms. The van der Waals surface area contributed by atoms with Crippen molar-refractivity contribution in [3.63, 3.8) is 0 Å². The van der Waals surface area contributed by atoms with E-state index in [0.29, 0.717) is 45.1 Å².